The molecule has 3 fully saturated rings. The van der Waals surface area contributed by atoms with Crippen molar-refractivity contribution in [2.75, 3.05) is 33.2 Å². The van der Waals surface area contributed by atoms with E-state index in [1.54, 1.807) is 0 Å². The summed E-state index contributed by atoms with van der Waals surface area (Å²) in [5.74, 6) is 0.944. The molecular formula is C22H37N5O2. The highest BCUT2D eigenvalue weighted by molar-refractivity contribution is 5.80. The molecular weight excluding hydrogens is 366 g/mol. The van der Waals surface area contributed by atoms with E-state index >= 15 is 0 Å². The van der Waals surface area contributed by atoms with Crippen LogP contribution in [0.3, 0.4) is 0 Å². The number of rotatable bonds is 5. The van der Waals surface area contributed by atoms with E-state index in [0.717, 1.165) is 63.4 Å². The number of aliphatic hydroxyl groups is 1. The summed E-state index contributed by atoms with van der Waals surface area (Å²) in [6.45, 7) is 8.08. The molecule has 0 unspecified atom stereocenters. The zero-order valence-electron chi connectivity index (χ0n) is 18.1. The lowest BCUT2D eigenvalue weighted by atomic mass is 9.94. The molecule has 1 amide bonds. The molecule has 2 aliphatic heterocycles. The van der Waals surface area contributed by atoms with Gasteiger partial charge in [0.15, 0.2) is 0 Å². The van der Waals surface area contributed by atoms with E-state index in [4.69, 9.17) is 0 Å². The van der Waals surface area contributed by atoms with Gasteiger partial charge in [0.1, 0.15) is 5.82 Å². The highest BCUT2D eigenvalue weighted by Crippen LogP contribution is 2.40. The lowest BCUT2D eigenvalue weighted by molar-refractivity contribution is -0.137. The topological polar surface area (TPSA) is 84.5 Å². The van der Waals surface area contributed by atoms with Crippen LogP contribution in [0.25, 0.3) is 0 Å². The van der Waals surface area contributed by atoms with E-state index in [0.29, 0.717) is 18.4 Å². The summed E-state index contributed by atoms with van der Waals surface area (Å²) in [7, 11) is 2.17. The molecule has 0 spiro atoms. The molecule has 0 bridgehead atoms. The number of aromatic amines is 1. The lowest BCUT2D eigenvalue weighted by Gasteiger charge is -2.33. The number of hydrogen-bond acceptors (Lipinski definition) is 5. The molecule has 1 aromatic heterocycles. The Bertz CT molecular complexity index is 691. The maximum atomic E-state index is 13.1. The number of imidazole rings is 1. The predicted octanol–water partition coefficient (Wildman–Crippen LogP) is 1.67. The quantitative estimate of drug-likeness (QED) is 0.697. The first kappa shape index (κ1) is 20.8. The van der Waals surface area contributed by atoms with E-state index in [-0.39, 0.29) is 23.8 Å². The number of amides is 1. The van der Waals surface area contributed by atoms with Crippen molar-refractivity contribution in [3.05, 3.63) is 17.7 Å². The first-order valence-corrected chi connectivity index (χ1v) is 11.4. The van der Waals surface area contributed by atoms with Crippen molar-refractivity contribution in [3.63, 3.8) is 0 Å². The van der Waals surface area contributed by atoms with Crippen LogP contribution in [-0.4, -0.2) is 82.2 Å². The molecule has 0 aromatic carbocycles. The average molecular weight is 404 g/mol. The van der Waals surface area contributed by atoms with Gasteiger partial charge in [0.05, 0.1) is 12.0 Å². The molecule has 4 atom stereocenters. The minimum absolute atomic E-state index is 0.0930. The van der Waals surface area contributed by atoms with Gasteiger partial charge in [-0.15, -0.1) is 0 Å². The van der Waals surface area contributed by atoms with Gasteiger partial charge >= 0.3 is 0 Å². The van der Waals surface area contributed by atoms with Gasteiger partial charge in [0.25, 0.3) is 0 Å². The summed E-state index contributed by atoms with van der Waals surface area (Å²) in [6.07, 6.45) is 6.27. The van der Waals surface area contributed by atoms with Crippen molar-refractivity contribution in [1.29, 1.82) is 0 Å². The van der Waals surface area contributed by atoms with Gasteiger partial charge in [-0.3, -0.25) is 4.79 Å². The zero-order chi connectivity index (χ0) is 20.5. The van der Waals surface area contributed by atoms with Gasteiger partial charge in [-0.25, -0.2) is 4.98 Å². The number of hydrogen-bond donors (Lipinski definition) is 3. The first-order valence-electron chi connectivity index (χ1n) is 11.4. The molecule has 3 aliphatic rings. The number of H-pyrrole nitrogens is 1. The van der Waals surface area contributed by atoms with Gasteiger partial charge in [0, 0.05) is 48.9 Å². The van der Waals surface area contributed by atoms with E-state index < -0.39 is 6.10 Å². The van der Waals surface area contributed by atoms with Crippen molar-refractivity contribution >= 4 is 5.91 Å². The standard InChI is InChI=1S/C22H37N5O2/c1-14(2)21-23-13-18(25-21)19-17(24-15-6-10-26(3)11-7-15)12-16(20(19)28)22(29)27-8-4-5-9-27/h13-17,19-20,24,28H,4-12H2,1-3H3,(H,23,25)/t16-,17+,19+,20+/m0/s1. The minimum Gasteiger partial charge on any atom is -0.392 e. The van der Waals surface area contributed by atoms with Gasteiger partial charge < -0.3 is 25.2 Å². The number of nitrogens with one attached hydrogen (secondary N) is 2. The van der Waals surface area contributed by atoms with Crippen molar-refractivity contribution in [2.24, 2.45) is 5.92 Å². The fraction of sp³-hybridized carbons (Fsp3) is 0.818. The Morgan fingerprint density at radius 1 is 1.24 bits per heavy atom. The fourth-order valence-electron chi connectivity index (χ4n) is 5.33. The van der Waals surface area contributed by atoms with Gasteiger partial charge in [-0.1, -0.05) is 13.8 Å². The zero-order valence-corrected chi connectivity index (χ0v) is 18.1. The third-order valence-corrected chi connectivity index (χ3v) is 7.15. The second-order valence-electron chi connectivity index (χ2n) is 9.62. The molecule has 7 nitrogen and oxygen atoms in total. The Morgan fingerprint density at radius 2 is 1.93 bits per heavy atom. The highest BCUT2D eigenvalue weighted by Gasteiger charge is 2.49. The monoisotopic (exact) mass is 403 g/mol. The van der Waals surface area contributed by atoms with E-state index in [2.05, 4.69) is 41.1 Å². The Kier molecular flexibility index (Phi) is 6.27. The molecule has 29 heavy (non-hydrogen) atoms. The normalized spacial score (nSPS) is 31.8. The first-order chi connectivity index (χ1) is 13.9. The molecule has 4 rings (SSSR count). The molecule has 1 aromatic rings. The summed E-state index contributed by atoms with van der Waals surface area (Å²) in [4.78, 5) is 25.4. The van der Waals surface area contributed by atoms with Crippen molar-refractivity contribution in [1.82, 2.24) is 25.1 Å². The number of aromatic nitrogens is 2. The number of aliphatic hydroxyl groups excluding tert-OH is 1. The van der Waals surface area contributed by atoms with Crippen LogP contribution in [0.2, 0.25) is 0 Å². The third kappa shape index (κ3) is 4.37. The smallest absolute Gasteiger partial charge is 0.228 e. The summed E-state index contributed by atoms with van der Waals surface area (Å²) < 4.78 is 0. The highest BCUT2D eigenvalue weighted by atomic mass is 16.3. The second-order valence-corrected chi connectivity index (χ2v) is 9.62. The molecule has 3 N–H and O–H groups in total. The number of likely N-dealkylation sites (tertiary alicyclic amines) is 2. The largest absolute Gasteiger partial charge is 0.392 e. The number of piperidine rings is 1. The summed E-state index contributed by atoms with van der Waals surface area (Å²) in [6, 6.07) is 0.537. The van der Waals surface area contributed by atoms with Crippen LogP contribution in [0, 0.1) is 5.92 Å². The Morgan fingerprint density at radius 3 is 2.55 bits per heavy atom. The van der Waals surface area contributed by atoms with Crippen LogP contribution in [0.4, 0.5) is 0 Å². The number of carbonyl (C=O) groups excluding carboxylic acids is 1. The molecule has 1 saturated carbocycles. The number of nitrogens with zero attached hydrogens (tertiary/aromatic N) is 3. The van der Waals surface area contributed by atoms with Crippen molar-refractivity contribution in [2.45, 2.75) is 76.0 Å². The Hall–Kier alpha value is -1.44. The van der Waals surface area contributed by atoms with Crippen LogP contribution >= 0.6 is 0 Å². The van der Waals surface area contributed by atoms with Gasteiger partial charge in [0.2, 0.25) is 5.91 Å². The maximum absolute atomic E-state index is 13.1. The molecule has 2 saturated heterocycles. The molecule has 0 radical (unpaired) electrons. The van der Waals surface area contributed by atoms with Crippen LogP contribution in [0.5, 0.6) is 0 Å². The van der Waals surface area contributed by atoms with Crippen LogP contribution in [0.15, 0.2) is 6.20 Å². The van der Waals surface area contributed by atoms with Crippen molar-refractivity contribution < 1.29 is 9.90 Å². The minimum atomic E-state index is -0.674. The second kappa shape index (κ2) is 8.74. The van der Waals surface area contributed by atoms with Crippen LogP contribution < -0.4 is 5.32 Å². The van der Waals surface area contributed by atoms with Crippen LogP contribution in [0.1, 0.15) is 69.3 Å². The Labute approximate surface area is 174 Å². The maximum Gasteiger partial charge on any atom is 0.228 e. The van der Waals surface area contributed by atoms with E-state index in [1.807, 2.05) is 11.1 Å². The Balaban J connectivity index is 1.54. The summed E-state index contributed by atoms with van der Waals surface area (Å²) in [5, 5.41) is 15.1. The molecule has 3 heterocycles. The lowest BCUT2D eigenvalue weighted by Crippen LogP contribution is -2.46. The van der Waals surface area contributed by atoms with Crippen molar-refractivity contribution in [3.8, 4) is 0 Å². The summed E-state index contributed by atoms with van der Waals surface area (Å²) in [5.41, 5.74) is 0.961. The van der Waals surface area contributed by atoms with E-state index in [9.17, 15) is 9.90 Å². The predicted molar refractivity (Wildman–Crippen MR) is 113 cm³/mol. The summed E-state index contributed by atoms with van der Waals surface area (Å²) >= 11 is 0. The van der Waals surface area contributed by atoms with Crippen LogP contribution in [-0.2, 0) is 4.79 Å². The SMILES string of the molecule is CC(C)c1ncc([C@@H]2[C@H](O)[C@@H](C(=O)N3CCCC3)C[C@H]2NC2CCN(C)CC2)[nH]1. The van der Waals surface area contributed by atoms with E-state index in [1.165, 1.54) is 0 Å². The molecule has 162 valence electrons. The number of carbonyl (C=O) groups is 1. The van der Waals surface area contributed by atoms with Gasteiger partial charge in [-0.2, -0.15) is 0 Å². The van der Waals surface area contributed by atoms with Gasteiger partial charge in [-0.05, 0) is 52.2 Å². The fourth-order valence-corrected chi connectivity index (χ4v) is 5.33. The molecule has 1 aliphatic carbocycles. The average Bonchev–Trinajstić information content (AvgIpc) is 3.43. The third-order valence-electron chi connectivity index (χ3n) is 7.15. The molecule has 7 heteroatoms.